The second-order valence-corrected chi connectivity index (χ2v) is 3.11. The molecule has 2 radical (unpaired) electrons. The van der Waals surface area contributed by atoms with Crippen LogP contribution < -0.4 is 0 Å². The molecule has 1 nitrogen and oxygen atoms in total. The van der Waals surface area contributed by atoms with Gasteiger partial charge in [0.2, 0.25) is 0 Å². The predicted octanol–water partition coefficient (Wildman–Crippen LogP) is 1.90. The Kier molecular flexibility index (Phi) is 2.12. The van der Waals surface area contributed by atoms with E-state index >= 15 is 0 Å². The molecule has 2 rings (SSSR count). The van der Waals surface area contributed by atoms with Crippen LogP contribution in [0.3, 0.4) is 0 Å². The number of pyridine rings is 1. The Labute approximate surface area is 79.9 Å². The molecule has 0 spiro atoms. The Morgan fingerprint density at radius 3 is 2.75 bits per heavy atom. The van der Waals surface area contributed by atoms with Gasteiger partial charge in [-0.3, -0.25) is 4.98 Å². The van der Waals surface area contributed by atoms with Crippen molar-refractivity contribution in [2.45, 2.75) is 5.28 Å². The summed E-state index contributed by atoms with van der Waals surface area (Å²) >= 11 is 2.68. The molecule has 2 heteroatoms. The molecule has 0 saturated carbocycles. The molecule has 12 heavy (non-hydrogen) atoms. The van der Waals surface area contributed by atoms with Crippen molar-refractivity contribution < 1.29 is 0 Å². The first-order chi connectivity index (χ1) is 5.90. The first kappa shape index (κ1) is 7.79. The van der Waals surface area contributed by atoms with Crippen LogP contribution in [0.25, 0.3) is 10.9 Å². The number of benzene rings is 1. The summed E-state index contributed by atoms with van der Waals surface area (Å²) in [5.41, 5.74) is 2.20. The number of rotatable bonds is 1. The number of hydrogen-bond donors (Lipinski definition) is 0. The predicted molar refractivity (Wildman–Crippen MR) is 51.2 cm³/mol. The highest BCUT2D eigenvalue weighted by Gasteiger charge is 1.93. The first-order valence-corrected chi connectivity index (χ1v) is 4.76. The summed E-state index contributed by atoms with van der Waals surface area (Å²) in [6.07, 6.45) is 0. The van der Waals surface area contributed by atoms with E-state index in [4.69, 9.17) is 0 Å². The van der Waals surface area contributed by atoms with Crippen LogP contribution in [0, 0.1) is 0 Å². The van der Waals surface area contributed by atoms with Crippen molar-refractivity contribution in [3.8, 4) is 0 Å². The van der Waals surface area contributed by atoms with Crippen LogP contribution in [0.1, 0.15) is 5.69 Å². The summed E-state index contributed by atoms with van der Waals surface area (Å²) in [7, 11) is 0. The van der Waals surface area contributed by atoms with Gasteiger partial charge < -0.3 is 0 Å². The van der Waals surface area contributed by atoms with Gasteiger partial charge in [0.1, 0.15) is 16.3 Å². The fourth-order valence-electron chi connectivity index (χ4n) is 1.22. The molecule has 0 N–H and O–H groups in total. The van der Waals surface area contributed by atoms with Gasteiger partial charge in [-0.1, -0.05) is 29.5 Å². The first-order valence-electron chi connectivity index (χ1n) is 3.95. The van der Waals surface area contributed by atoms with E-state index in [2.05, 4.69) is 39.5 Å². The maximum Gasteiger partial charge on any atom is 0.128 e. The number of aromatic nitrogens is 1. The van der Waals surface area contributed by atoms with E-state index < -0.39 is 0 Å². The molecular formula is C10H8AlN. The summed E-state index contributed by atoms with van der Waals surface area (Å²) in [4.78, 5) is 4.47. The average Bonchev–Trinajstić information content (AvgIpc) is 2.17. The molecule has 1 aromatic carbocycles. The highest BCUT2D eigenvalue weighted by atomic mass is 27.0. The van der Waals surface area contributed by atoms with Crippen molar-refractivity contribution in [1.82, 2.24) is 4.98 Å². The Hall–Kier alpha value is -0.838. The highest BCUT2D eigenvalue weighted by molar-refractivity contribution is 6.08. The maximum atomic E-state index is 4.47. The largest absolute Gasteiger partial charge is 0.254 e. The smallest absolute Gasteiger partial charge is 0.128 e. The molecular weight excluding hydrogens is 161 g/mol. The third-order valence-corrected chi connectivity index (χ3v) is 2.28. The van der Waals surface area contributed by atoms with E-state index in [9.17, 15) is 0 Å². The van der Waals surface area contributed by atoms with Crippen molar-refractivity contribution in [3.63, 3.8) is 0 Å². The van der Waals surface area contributed by atoms with E-state index in [0.717, 1.165) is 16.5 Å². The minimum absolute atomic E-state index is 0.921. The van der Waals surface area contributed by atoms with Gasteiger partial charge in [-0.25, -0.2) is 0 Å². The molecule has 56 valence electrons. The summed E-state index contributed by atoms with van der Waals surface area (Å²) in [6.45, 7) is 0. The maximum absolute atomic E-state index is 4.47. The van der Waals surface area contributed by atoms with Gasteiger partial charge in [0.15, 0.2) is 0 Å². The zero-order valence-electron chi connectivity index (χ0n) is 6.70. The molecule has 1 heterocycles. The third kappa shape index (κ3) is 1.36. The van der Waals surface area contributed by atoms with Gasteiger partial charge >= 0.3 is 0 Å². The molecule has 0 aliphatic heterocycles. The lowest BCUT2D eigenvalue weighted by Gasteiger charge is -1.99. The molecule has 0 atom stereocenters. The second-order valence-electron chi connectivity index (χ2n) is 2.70. The fourth-order valence-corrected chi connectivity index (χ4v) is 1.45. The second kappa shape index (κ2) is 3.27. The van der Waals surface area contributed by atoms with Crippen LogP contribution in [0.2, 0.25) is 0 Å². The molecule has 0 saturated heterocycles. The van der Waals surface area contributed by atoms with Crippen molar-refractivity contribution in [2.24, 2.45) is 0 Å². The van der Waals surface area contributed by atoms with Crippen LogP contribution in [-0.4, -0.2) is 21.3 Å². The molecule has 0 unspecified atom stereocenters. The summed E-state index contributed by atoms with van der Waals surface area (Å²) < 4.78 is 0. The van der Waals surface area contributed by atoms with Crippen LogP contribution >= 0.6 is 0 Å². The topological polar surface area (TPSA) is 12.9 Å². The minimum Gasteiger partial charge on any atom is -0.254 e. The highest BCUT2D eigenvalue weighted by Crippen LogP contribution is 2.11. The van der Waals surface area contributed by atoms with Gasteiger partial charge in [-0.05, 0) is 12.1 Å². The SMILES string of the molecule is [Al][CH2]c1ccc2ccccc2n1. The van der Waals surface area contributed by atoms with E-state index in [1.165, 1.54) is 5.39 Å². The molecule has 0 amide bonds. The van der Waals surface area contributed by atoms with E-state index in [1.807, 2.05) is 18.2 Å². The Balaban J connectivity index is 2.67. The standard InChI is InChI=1S/C10H8N.Al/c1-8-6-7-9-4-2-3-5-10(9)11-8;/h2-7H,1H2;. The number of hydrogen-bond acceptors (Lipinski definition) is 1. The third-order valence-electron chi connectivity index (χ3n) is 1.87. The summed E-state index contributed by atoms with van der Waals surface area (Å²) in [5.74, 6) is 0. The lowest BCUT2D eigenvalue weighted by atomic mass is 10.2. The van der Waals surface area contributed by atoms with Crippen LogP contribution in [0.4, 0.5) is 0 Å². The fraction of sp³-hybridized carbons (Fsp3) is 0.100. The van der Waals surface area contributed by atoms with E-state index in [-0.39, 0.29) is 0 Å². The van der Waals surface area contributed by atoms with Crippen molar-refractivity contribution in [2.75, 3.05) is 0 Å². The number of fused-ring (bicyclic) bond motifs is 1. The molecule has 0 bridgehead atoms. The Morgan fingerprint density at radius 2 is 1.92 bits per heavy atom. The normalized spacial score (nSPS) is 10.3. The number of para-hydroxylation sites is 1. The molecule has 0 aliphatic carbocycles. The zero-order chi connectivity index (χ0) is 8.39. The van der Waals surface area contributed by atoms with Gasteiger partial charge in [0.25, 0.3) is 0 Å². The van der Waals surface area contributed by atoms with Gasteiger partial charge in [0, 0.05) is 11.1 Å². The monoisotopic (exact) mass is 169 g/mol. The van der Waals surface area contributed by atoms with Gasteiger partial charge in [-0.2, -0.15) is 0 Å². The quantitative estimate of drug-likeness (QED) is 0.594. The van der Waals surface area contributed by atoms with Crippen molar-refractivity contribution in [3.05, 3.63) is 42.1 Å². The molecule has 2 aromatic rings. The van der Waals surface area contributed by atoms with Crippen molar-refractivity contribution >= 4 is 27.2 Å². The Bertz CT molecular complexity index is 398. The van der Waals surface area contributed by atoms with Crippen LogP contribution in [0.5, 0.6) is 0 Å². The Morgan fingerprint density at radius 1 is 1.08 bits per heavy atom. The summed E-state index contributed by atoms with van der Waals surface area (Å²) in [5, 5.41) is 2.13. The van der Waals surface area contributed by atoms with E-state index in [1.54, 1.807) is 0 Å². The molecule has 1 aromatic heterocycles. The summed E-state index contributed by atoms with van der Waals surface area (Å²) in [6, 6.07) is 12.3. The minimum atomic E-state index is 0.921. The van der Waals surface area contributed by atoms with Gasteiger partial charge in [0.05, 0.1) is 5.52 Å². The molecule has 0 aliphatic rings. The average molecular weight is 169 g/mol. The van der Waals surface area contributed by atoms with Crippen LogP contribution in [-0.2, 0) is 5.28 Å². The molecule has 0 fully saturated rings. The van der Waals surface area contributed by atoms with E-state index in [0.29, 0.717) is 0 Å². The lowest BCUT2D eigenvalue weighted by Crippen LogP contribution is -1.88. The number of nitrogens with zero attached hydrogens (tertiary/aromatic N) is 1. The zero-order valence-corrected chi connectivity index (χ0v) is 7.85. The van der Waals surface area contributed by atoms with Crippen molar-refractivity contribution in [1.29, 1.82) is 0 Å². The lowest BCUT2D eigenvalue weighted by molar-refractivity contribution is 1.22. The van der Waals surface area contributed by atoms with Gasteiger partial charge in [-0.15, -0.1) is 0 Å². The van der Waals surface area contributed by atoms with Crippen LogP contribution in [0.15, 0.2) is 36.4 Å².